The van der Waals surface area contributed by atoms with Crippen molar-refractivity contribution >= 4 is 16.0 Å². The van der Waals surface area contributed by atoms with E-state index in [0.717, 1.165) is 26.1 Å². The Morgan fingerprint density at radius 2 is 1.89 bits per heavy atom. The van der Waals surface area contributed by atoms with E-state index in [4.69, 9.17) is 9.90 Å². The number of aryl methyl sites for hydroxylation is 1. The molecule has 1 spiro atoms. The molecule has 160 valence electrons. The van der Waals surface area contributed by atoms with Crippen LogP contribution in [0.2, 0.25) is 0 Å². The molecule has 3 heterocycles. The van der Waals surface area contributed by atoms with Gasteiger partial charge in [-0.1, -0.05) is 13.8 Å². The second-order valence-corrected chi connectivity index (χ2v) is 9.72. The van der Waals surface area contributed by atoms with E-state index in [1.54, 1.807) is 22.1 Å². The molecule has 1 aromatic rings. The van der Waals surface area contributed by atoms with Crippen molar-refractivity contribution in [1.82, 2.24) is 18.8 Å². The van der Waals surface area contributed by atoms with Crippen molar-refractivity contribution in [2.24, 2.45) is 18.4 Å². The summed E-state index contributed by atoms with van der Waals surface area (Å²) >= 11 is 0. The van der Waals surface area contributed by atoms with Gasteiger partial charge in [0.25, 0.3) is 10.0 Å². The average Bonchev–Trinajstić information content (AvgIpc) is 3.11. The predicted octanol–water partition coefficient (Wildman–Crippen LogP) is 1.41. The third-order valence-corrected chi connectivity index (χ3v) is 6.37. The molecule has 3 rings (SSSR count). The van der Waals surface area contributed by atoms with Crippen LogP contribution in [0.1, 0.15) is 20.3 Å². The number of likely N-dealkylation sites (tertiary alicyclic amines) is 1. The summed E-state index contributed by atoms with van der Waals surface area (Å²) in [7, 11) is -1.62. The topological polar surface area (TPSA) is 95.7 Å². The monoisotopic (exact) mass is 426 g/mol. The number of carbonyl (C=O) groups is 1. The number of halogens is 3. The third kappa shape index (κ3) is 5.23. The van der Waals surface area contributed by atoms with E-state index in [2.05, 4.69) is 23.7 Å². The van der Waals surface area contributed by atoms with E-state index in [1.807, 2.05) is 0 Å². The molecule has 0 bridgehead atoms. The number of hydrogen-bond donors (Lipinski definition) is 1. The lowest BCUT2D eigenvalue weighted by Gasteiger charge is -2.46. The summed E-state index contributed by atoms with van der Waals surface area (Å²) in [5, 5.41) is 7.29. The summed E-state index contributed by atoms with van der Waals surface area (Å²) in [5.41, 5.74) is 0.177. The van der Waals surface area contributed by atoms with Gasteiger partial charge >= 0.3 is 12.1 Å². The van der Waals surface area contributed by atoms with Crippen LogP contribution in [0.15, 0.2) is 17.6 Å². The van der Waals surface area contributed by atoms with Crippen molar-refractivity contribution in [2.45, 2.75) is 31.5 Å². The van der Waals surface area contributed by atoms with Gasteiger partial charge in [-0.3, -0.25) is 0 Å². The van der Waals surface area contributed by atoms with Crippen LogP contribution in [0.3, 0.4) is 0 Å². The summed E-state index contributed by atoms with van der Waals surface area (Å²) in [6, 6.07) is 0. The van der Waals surface area contributed by atoms with Gasteiger partial charge in [0.15, 0.2) is 5.03 Å². The summed E-state index contributed by atoms with van der Waals surface area (Å²) in [5.74, 6) is -2.10. The number of imidazole rings is 1. The molecule has 28 heavy (non-hydrogen) atoms. The molecule has 0 saturated carbocycles. The molecule has 1 aromatic heterocycles. The summed E-state index contributed by atoms with van der Waals surface area (Å²) in [6.45, 7) is 8.96. The number of carboxylic acids is 1. The average molecular weight is 426 g/mol. The quantitative estimate of drug-likeness (QED) is 0.782. The molecule has 2 saturated heterocycles. The Balaban J connectivity index is 0.000000345. The van der Waals surface area contributed by atoms with Crippen molar-refractivity contribution in [1.29, 1.82) is 0 Å². The fourth-order valence-corrected chi connectivity index (χ4v) is 5.12. The highest BCUT2D eigenvalue weighted by Crippen LogP contribution is 2.42. The van der Waals surface area contributed by atoms with Crippen LogP contribution in [-0.4, -0.2) is 77.1 Å². The maximum Gasteiger partial charge on any atom is 0.490 e. The van der Waals surface area contributed by atoms with Crippen LogP contribution in [0.25, 0.3) is 0 Å². The van der Waals surface area contributed by atoms with E-state index < -0.39 is 22.2 Å². The first kappa shape index (κ1) is 22.6. The molecule has 2 aliphatic heterocycles. The molecule has 0 aromatic carbocycles. The van der Waals surface area contributed by atoms with E-state index in [1.165, 1.54) is 6.33 Å². The maximum absolute atomic E-state index is 12.5. The third-order valence-electron chi connectivity index (χ3n) is 4.69. The van der Waals surface area contributed by atoms with E-state index in [0.29, 0.717) is 19.0 Å². The molecule has 0 amide bonds. The molecule has 2 aliphatic rings. The second kappa shape index (κ2) is 7.99. The van der Waals surface area contributed by atoms with Gasteiger partial charge in [0.2, 0.25) is 0 Å². The minimum absolute atomic E-state index is 0.164. The Kier molecular flexibility index (Phi) is 6.46. The normalized spacial score (nSPS) is 20.1. The van der Waals surface area contributed by atoms with Crippen molar-refractivity contribution in [3.05, 3.63) is 12.5 Å². The number of alkyl halides is 3. The van der Waals surface area contributed by atoms with Gasteiger partial charge in [-0.15, -0.1) is 0 Å². The number of sulfonamides is 1. The zero-order valence-corrected chi connectivity index (χ0v) is 16.8. The standard InChI is InChI=1S/C14H24N4O2S.C2HF3O2/c1-12(2)6-17-5-4-14(8-17)9-18(10-14)21(19,20)13-7-16(3)11-15-13;3-2(4,5)1(6)7/h7,11-12H,4-6,8-10H2,1-3H3;(H,6,7). The van der Waals surface area contributed by atoms with Gasteiger partial charge in [0, 0.05) is 44.8 Å². The fourth-order valence-electron chi connectivity index (χ4n) is 3.48. The Morgan fingerprint density at radius 3 is 2.32 bits per heavy atom. The predicted molar refractivity (Wildman–Crippen MR) is 94.0 cm³/mol. The molecule has 0 radical (unpaired) electrons. The van der Waals surface area contributed by atoms with Gasteiger partial charge in [-0.25, -0.2) is 18.2 Å². The first-order valence-electron chi connectivity index (χ1n) is 8.76. The SMILES string of the molecule is CC(C)CN1CCC2(C1)CN(S(=O)(=O)c1cn(C)cn1)C2.O=C(O)C(F)(F)F. The Morgan fingerprint density at radius 1 is 1.32 bits per heavy atom. The molecular formula is C16H25F3N4O4S. The van der Waals surface area contributed by atoms with E-state index in [-0.39, 0.29) is 10.4 Å². The lowest BCUT2D eigenvalue weighted by molar-refractivity contribution is -0.192. The molecule has 0 atom stereocenters. The zero-order chi connectivity index (χ0) is 21.3. The van der Waals surface area contributed by atoms with Crippen LogP contribution in [0, 0.1) is 11.3 Å². The number of rotatable bonds is 4. The first-order valence-corrected chi connectivity index (χ1v) is 10.2. The van der Waals surface area contributed by atoms with Crippen molar-refractivity contribution in [2.75, 3.05) is 32.7 Å². The molecule has 12 heteroatoms. The molecule has 0 aliphatic carbocycles. The number of aliphatic carboxylic acids is 1. The number of aromatic nitrogens is 2. The van der Waals surface area contributed by atoms with Crippen molar-refractivity contribution < 1.29 is 31.5 Å². The zero-order valence-electron chi connectivity index (χ0n) is 16.0. The lowest BCUT2D eigenvalue weighted by atomic mass is 9.81. The van der Waals surface area contributed by atoms with Gasteiger partial charge in [-0.05, 0) is 18.9 Å². The number of hydrogen-bond acceptors (Lipinski definition) is 5. The Bertz CT molecular complexity index is 801. The first-order chi connectivity index (χ1) is 12.7. The molecule has 8 nitrogen and oxygen atoms in total. The summed E-state index contributed by atoms with van der Waals surface area (Å²) in [4.78, 5) is 15.3. The molecule has 2 fully saturated rings. The second-order valence-electron chi connectivity index (χ2n) is 7.83. The minimum atomic E-state index is -5.08. The van der Waals surface area contributed by atoms with Gasteiger partial charge < -0.3 is 14.6 Å². The largest absolute Gasteiger partial charge is 0.490 e. The highest BCUT2D eigenvalue weighted by atomic mass is 32.2. The Labute approximate surface area is 162 Å². The molecular weight excluding hydrogens is 401 g/mol. The number of nitrogens with zero attached hydrogens (tertiary/aromatic N) is 4. The summed E-state index contributed by atoms with van der Waals surface area (Å²) < 4.78 is 59.9. The van der Waals surface area contributed by atoms with E-state index in [9.17, 15) is 21.6 Å². The number of carboxylic acid groups (broad SMARTS) is 1. The van der Waals surface area contributed by atoms with Gasteiger partial charge in [-0.2, -0.15) is 17.5 Å². The van der Waals surface area contributed by atoms with Crippen LogP contribution in [0.5, 0.6) is 0 Å². The van der Waals surface area contributed by atoms with Crippen molar-refractivity contribution in [3.8, 4) is 0 Å². The highest BCUT2D eigenvalue weighted by Gasteiger charge is 2.52. The molecule has 1 N–H and O–H groups in total. The van der Waals surface area contributed by atoms with Gasteiger partial charge in [0.05, 0.1) is 6.33 Å². The molecule has 0 unspecified atom stereocenters. The van der Waals surface area contributed by atoms with Crippen LogP contribution in [0.4, 0.5) is 13.2 Å². The maximum atomic E-state index is 12.5. The minimum Gasteiger partial charge on any atom is -0.475 e. The summed E-state index contributed by atoms with van der Waals surface area (Å²) in [6.07, 6.45) is -0.879. The van der Waals surface area contributed by atoms with Crippen LogP contribution < -0.4 is 0 Å². The van der Waals surface area contributed by atoms with E-state index >= 15 is 0 Å². The van der Waals surface area contributed by atoms with Crippen molar-refractivity contribution in [3.63, 3.8) is 0 Å². The lowest BCUT2D eigenvalue weighted by Crippen LogP contribution is -2.59. The van der Waals surface area contributed by atoms with Crippen LogP contribution >= 0.6 is 0 Å². The smallest absolute Gasteiger partial charge is 0.475 e. The fraction of sp³-hybridized carbons (Fsp3) is 0.750. The van der Waals surface area contributed by atoms with Gasteiger partial charge in [0.1, 0.15) is 0 Å². The van der Waals surface area contributed by atoms with Crippen LogP contribution in [-0.2, 0) is 21.9 Å². The highest BCUT2D eigenvalue weighted by molar-refractivity contribution is 7.89. The Hall–Kier alpha value is -1.66.